The van der Waals surface area contributed by atoms with Crippen LogP contribution in [0.4, 0.5) is 4.39 Å². The summed E-state index contributed by atoms with van der Waals surface area (Å²) in [5.41, 5.74) is 0.653. The molecule has 0 N–H and O–H groups in total. The SMILES string of the molecule is Cc1nc(F)c(Br)cc1Br. The first-order chi connectivity index (χ1) is 4.61. The minimum atomic E-state index is -0.472. The number of aryl methyl sites for hydroxylation is 1. The van der Waals surface area contributed by atoms with Gasteiger partial charge in [-0.15, -0.1) is 0 Å². The number of rotatable bonds is 0. The Morgan fingerprint density at radius 1 is 1.40 bits per heavy atom. The second-order valence-corrected chi connectivity index (χ2v) is 3.54. The molecule has 0 radical (unpaired) electrons. The Bertz CT molecular complexity index is 212. The summed E-state index contributed by atoms with van der Waals surface area (Å²) in [7, 11) is 0. The summed E-state index contributed by atoms with van der Waals surface area (Å²) >= 11 is 6.23. The third kappa shape index (κ3) is 1.55. The van der Waals surface area contributed by atoms with Gasteiger partial charge in [0.2, 0.25) is 5.95 Å². The average molecular weight is 269 g/mol. The Balaban J connectivity index is 3.28. The van der Waals surface area contributed by atoms with Gasteiger partial charge >= 0.3 is 0 Å². The maximum atomic E-state index is 12.6. The third-order valence-corrected chi connectivity index (χ3v) is 2.42. The minimum Gasteiger partial charge on any atom is -0.223 e. The van der Waals surface area contributed by atoms with Crippen molar-refractivity contribution >= 4 is 31.9 Å². The second-order valence-electron chi connectivity index (χ2n) is 1.83. The van der Waals surface area contributed by atoms with Gasteiger partial charge in [-0.1, -0.05) is 0 Å². The highest BCUT2D eigenvalue weighted by molar-refractivity contribution is 9.11. The van der Waals surface area contributed by atoms with E-state index in [4.69, 9.17) is 0 Å². The molecule has 1 nitrogen and oxygen atoms in total. The van der Waals surface area contributed by atoms with Crippen LogP contribution in [0.1, 0.15) is 5.69 Å². The largest absolute Gasteiger partial charge is 0.227 e. The molecule has 0 aliphatic rings. The van der Waals surface area contributed by atoms with Gasteiger partial charge in [-0.25, -0.2) is 4.98 Å². The molecule has 0 aliphatic carbocycles. The van der Waals surface area contributed by atoms with E-state index in [1.165, 1.54) is 0 Å². The first kappa shape index (κ1) is 8.14. The van der Waals surface area contributed by atoms with Gasteiger partial charge in [0.05, 0.1) is 10.2 Å². The molecule has 1 rings (SSSR count). The van der Waals surface area contributed by atoms with Crippen molar-refractivity contribution in [1.82, 2.24) is 4.98 Å². The summed E-state index contributed by atoms with van der Waals surface area (Å²) in [5.74, 6) is -0.472. The van der Waals surface area contributed by atoms with Crippen LogP contribution in [-0.4, -0.2) is 4.98 Å². The summed E-state index contributed by atoms with van der Waals surface area (Å²) in [4.78, 5) is 3.61. The molecule has 0 unspecified atom stereocenters. The van der Waals surface area contributed by atoms with Crippen LogP contribution in [0.15, 0.2) is 15.0 Å². The lowest BCUT2D eigenvalue weighted by Gasteiger charge is -1.97. The van der Waals surface area contributed by atoms with E-state index in [2.05, 4.69) is 36.8 Å². The number of aromatic nitrogens is 1. The van der Waals surface area contributed by atoms with Crippen LogP contribution in [0, 0.1) is 12.9 Å². The molecule has 0 amide bonds. The van der Waals surface area contributed by atoms with Crippen molar-refractivity contribution in [1.29, 1.82) is 0 Å². The van der Waals surface area contributed by atoms with Gasteiger partial charge in [-0.05, 0) is 44.8 Å². The zero-order valence-corrected chi connectivity index (χ0v) is 8.33. The van der Waals surface area contributed by atoms with Crippen molar-refractivity contribution < 1.29 is 4.39 Å². The monoisotopic (exact) mass is 267 g/mol. The molecular weight excluding hydrogens is 265 g/mol. The van der Waals surface area contributed by atoms with E-state index in [1.54, 1.807) is 13.0 Å². The first-order valence-corrected chi connectivity index (χ1v) is 4.18. The zero-order chi connectivity index (χ0) is 7.72. The van der Waals surface area contributed by atoms with Gasteiger partial charge in [0, 0.05) is 4.47 Å². The Labute approximate surface area is 74.9 Å². The summed E-state index contributed by atoms with van der Waals surface area (Å²) in [6, 6.07) is 1.64. The summed E-state index contributed by atoms with van der Waals surface area (Å²) < 4.78 is 13.8. The van der Waals surface area contributed by atoms with Crippen molar-refractivity contribution in [2.24, 2.45) is 0 Å². The number of hydrogen-bond donors (Lipinski definition) is 0. The molecule has 0 fully saturated rings. The Kier molecular flexibility index (Phi) is 2.41. The third-order valence-electron chi connectivity index (χ3n) is 1.06. The maximum absolute atomic E-state index is 12.6. The highest BCUT2D eigenvalue weighted by Crippen LogP contribution is 2.21. The van der Waals surface area contributed by atoms with Gasteiger partial charge < -0.3 is 0 Å². The van der Waals surface area contributed by atoms with Crippen molar-refractivity contribution in [3.05, 3.63) is 26.7 Å². The lowest BCUT2D eigenvalue weighted by atomic mass is 10.4. The molecule has 0 atom stereocenters. The molecule has 1 aromatic heterocycles. The van der Waals surface area contributed by atoms with E-state index < -0.39 is 5.95 Å². The molecule has 54 valence electrons. The van der Waals surface area contributed by atoms with Crippen molar-refractivity contribution in [3.63, 3.8) is 0 Å². The summed E-state index contributed by atoms with van der Waals surface area (Å²) in [6.45, 7) is 1.74. The van der Waals surface area contributed by atoms with Crippen LogP contribution in [0.25, 0.3) is 0 Å². The highest BCUT2D eigenvalue weighted by Gasteiger charge is 2.03. The van der Waals surface area contributed by atoms with E-state index in [1.807, 2.05) is 0 Å². The van der Waals surface area contributed by atoms with Crippen molar-refractivity contribution in [2.75, 3.05) is 0 Å². The van der Waals surface area contributed by atoms with E-state index in [0.29, 0.717) is 10.2 Å². The molecule has 0 saturated heterocycles. The topological polar surface area (TPSA) is 12.9 Å². The van der Waals surface area contributed by atoms with Crippen molar-refractivity contribution in [3.8, 4) is 0 Å². The normalized spacial score (nSPS) is 10.0. The molecule has 0 aromatic carbocycles. The molecule has 4 heteroatoms. The average Bonchev–Trinajstić information content (AvgIpc) is 1.84. The second kappa shape index (κ2) is 2.96. The summed E-state index contributed by atoms with van der Waals surface area (Å²) in [6.07, 6.45) is 0. The molecule has 0 aliphatic heterocycles. The number of pyridine rings is 1. The standard InChI is InChI=1S/C6H4Br2FN/c1-3-4(7)2-5(8)6(9)10-3/h2H,1H3. The van der Waals surface area contributed by atoms with Gasteiger partial charge in [0.15, 0.2) is 0 Å². The lowest BCUT2D eigenvalue weighted by Crippen LogP contribution is -1.88. The fourth-order valence-corrected chi connectivity index (χ4v) is 1.47. The van der Waals surface area contributed by atoms with Crippen molar-refractivity contribution in [2.45, 2.75) is 6.92 Å². The quantitative estimate of drug-likeness (QED) is 0.659. The van der Waals surface area contributed by atoms with Crippen LogP contribution in [-0.2, 0) is 0 Å². The maximum Gasteiger partial charge on any atom is 0.227 e. The van der Waals surface area contributed by atoms with Crippen LogP contribution < -0.4 is 0 Å². The fraction of sp³-hybridized carbons (Fsp3) is 0.167. The minimum absolute atomic E-state index is 0.380. The predicted octanol–water partition coefficient (Wildman–Crippen LogP) is 3.05. The smallest absolute Gasteiger partial charge is 0.223 e. The Morgan fingerprint density at radius 3 is 2.50 bits per heavy atom. The van der Waals surface area contributed by atoms with E-state index in [-0.39, 0.29) is 0 Å². The Hall–Kier alpha value is 0.0400. The molecule has 1 aromatic rings. The van der Waals surface area contributed by atoms with Crippen LogP contribution in [0.2, 0.25) is 0 Å². The van der Waals surface area contributed by atoms with Gasteiger partial charge in [-0.3, -0.25) is 0 Å². The molecular formula is C6H4Br2FN. The van der Waals surface area contributed by atoms with Crippen LogP contribution in [0.5, 0.6) is 0 Å². The number of nitrogens with zero attached hydrogens (tertiary/aromatic N) is 1. The van der Waals surface area contributed by atoms with Crippen LogP contribution in [0.3, 0.4) is 0 Å². The molecule has 0 bridgehead atoms. The predicted molar refractivity (Wildman–Crippen MR) is 44.3 cm³/mol. The van der Waals surface area contributed by atoms with E-state index in [0.717, 1.165) is 4.47 Å². The molecule has 0 saturated carbocycles. The number of hydrogen-bond acceptors (Lipinski definition) is 1. The number of halogens is 3. The van der Waals surface area contributed by atoms with Gasteiger partial charge in [-0.2, -0.15) is 4.39 Å². The molecule has 10 heavy (non-hydrogen) atoms. The van der Waals surface area contributed by atoms with E-state index in [9.17, 15) is 4.39 Å². The zero-order valence-electron chi connectivity index (χ0n) is 5.16. The molecule has 1 heterocycles. The summed E-state index contributed by atoms with van der Waals surface area (Å²) in [5, 5.41) is 0. The lowest BCUT2D eigenvalue weighted by molar-refractivity contribution is 0.572. The molecule has 0 spiro atoms. The van der Waals surface area contributed by atoms with Gasteiger partial charge in [0.25, 0.3) is 0 Å². The van der Waals surface area contributed by atoms with E-state index >= 15 is 0 Å². The van der Waals surface area contributed by atoms with Crippen LogP contribution >= 0.6 is 31.9 Å². The highest BCUT2D eigenvalue weighted by atomic mass is 79.9. The first-order valence-electron chi connectivity index (χ1n) is 2.59. The Morgan fingerprint density at radius 2 is 2.00 bits per heavy atom. The van der Waals surface area contributed by atoms with Gasteiger partial charge in [0.1, 0.15) is 0 Å². The fourth-order valence-electron chi connectivity index (χ4n) is 0.529.